The molecule has 1 heterocycles. The predicted molar refractivity (Wildman–Crippen MR) is 82.7 cm³/mol. The highest BCUT2D eigenvalue weighted by Crippen LogP contribution is 2.22. The van der Waals surface area contributed by atoms with Gasteiger partial charge < -0.3 is 5.32 Å². The van der Waals surface area contributed by atoms with E-state index >= 15 is 0 Å². The molecular formula is C17H16FN3. The zero-order valence-electron chi connectivity index (χ0n) is 12.0. The van der Waals surface area contributed by atoms with Gasteiger partial charge in [0.15, 0.2) is 0 Å². The van der Waals surface area contributed by atoms with Crippen LogP contribution in [0.2, 0.25) is 0 Å². The van der Waals surface area contributed by atoms with Crippen molar-refractivity contribution in [3.05, 3.63) is 71.8 Å². The molecule has 0 unspecified atom stereocenters. The van der Waals surface area contributed by atoms with Crippen molar-refractivity contribution in [1.82, 2.24) is 9.55 Å². The lowest BCUT2D eigenvalue weighted by atomic mass is 10.2. The summed E-state index contributed by atoms with van der Waals surface area (Å²) >= 11 is 0. The van der Waals surface area contributed by atoms with Crippen LogP contribution < -0.4 is 5.32 Å². The number of hydrogen-bond acceptors (Lipinski definition) is 2. The maximum atomic E-state index is 13.4. The van der Waals surface area contributed by atoms with Gasteiger partial charge in [0.1, 0.15) is 5.82 Å². The van der Waals surface area contributed by atoms with E-state index in [0.717, 1.165) is 17.1 Å². The average molecular weight is 281 g/mol. The van der Waals surface area contributed by atoms with Crippen molar-refractivity contribution in [2.45, 2.75) is 13.8 Å². The number of imidazole rings is 1. The number of nitrogens with one attached hydrogen (secondary N) is 1. The van der Waals surface area contributed by atoms with E-state index in [-0.39, 0.29) is 5.82 Å². The Balaban J connectivity index is 2.01. The fourth-order valence-corrected chi connectivity index (χ4v) is 2.21. The smallest absolute Gasteiger partial charge is 0.212 e. The highest BCUT2D eigenvalue weighted by Gasteiger charge is 2.09. The lowest BCUT2D eigenvalue weighted by Gasteiger charge is -2.10. The fraction of sp³-hybridized carbons (Fsp3) is 0.118. The van der Waals surface area contributed by atoms with Gasteiger partial charge in [-0.2, -0.15) is 0 Å². The van der Waals surface area contributed by atoms with E-state index in [4.69, 9.17) is 0 Å². The van der Waals surface area contributed by atoms with Crippen molar-refractivity contribution in [2.24, 2.45) is 0 Å². The number of aromatic nitrogens is 2. The van der Waals surface area contributed by atoms with Gasteiger partial charge in [-0.15, -0.1) is 0 Å². The molecule has 1 aromatic heterocycles. The molecule has 0 bridgehead atoms. The summed E-state index contributed by atoms with van der Waals surface area (Å²) in [4.78, 5) is 4.49. The van der Waals surface area contributed by atoms with Crippen LogP contribution >= 0.6 is 0 Å². The van der Waals surface area contributed by atoms with Crippen molar-refractivity contribution in [3.8, 4) is 5.69 Å². The van der Waals surface area contributed by atoms with Gasteiger partial charge in [-0.25, -0.2) is 9.37 Å². The number of halogens is 1. The number of rotatable bonds is 3. The number of para-hydroxylation sites is 1. The number of benzene rings is 2. The Morgan fingerprint density at radius 2 is 1.81 bits per heavy atom. The van der Waals surface area contributed by atoms with E-state index in [9.17, 15) is 4.39 Å². The van der Waals surface area contributed by atoms with Crippen LogP contribution in [0, 0.1) is 19.7 Å². The molecule has 0 atom stereocenters. The highest BCUT2D eigenvalue weighted by atomic mass is 19.1. The summed E-state index contributed by atoms with van der Waals surface area (Å²) in [6, 6.07) is 14.9. The molecule has 0 radical (unpaired) electrons. The van der Waals surface area contributed by atoms with Crippen LogP contribution in [-0.2, 0) is 0 Å². The van der Waals surface area contributed by atoms with Gasteiger partial charge in [0, 0.05) is 17.6 Å². The number of anilines is 2. The van der Waals surface area contributed by atoms with Gasteiger partial charge in [-0.1, -0.05) is 18.2 Å². The van der Waals surface area contributed by atoms with E-state index < -0.39 is 0 Å². The number of aryl methyl sites for hydroxylation is 2. The average Bonchev–Trinajstić information content (AvgIpc) is 2.84. The minimum Gasteiger partial charge on any atom is -0.325 e. The minimum absolute atomic E-state index is 0.201. The third-order valence-electron chi connectivity index (χ3n) is 3.28. The second-order valence-corrected chi connectivity index (χ2v) is 5.00. The molecule has 2 aromatic carbocycles. The zero-order chi connectivity index (χ0) is 14.8. The molecule has 21 heavy (non-hydrogen) atoms. The van der Waals surface area contributed by atoms with Gasteiger partial charge >= 0.3 is 0 Å². The van der Waals surface area contributed by atoms with Crippen LogP contribution in [0.4, 0.5) is 16.0 Å². The summed E-state index contributed by atoms with van der Waals surface area (Å²) in [5.74, 6) is 0.512. The number of hydrogen-bond donors (Lipinski definition) is 1. The van der Waals surface area contributed by atoms with Crippen molar-refractivity contribution in [1.29, 1.82) is 0 Å². The number of nitrogens with zero attached hydrogens (tertiary/aromatic N) is 2. The molecule has 4 heteroatoms. The molecule has 0 aliphatic rings. The Bertz CT molecular complexity index is 763. The summed E-state index contributed by atoms with van der Waals surface area (Å²) in [5.41, 5.74) is 3.36. The molecule has 0 saturated heterocycles. The van der Waals surface area contributed by atoms with Crippen LogP contribution in [-0.4, -0.2) is 9.55 Å². The second kappa shape index (κ2) is 5.40. The zero-order valence-corrected chi connectivity index (χ0v) is 12.0. The van der Waals surface area contributed by atoms with Crippen LogP contribution in [0.15, 0.2) is 54.7 Å². The largest absolute Gasteiger partial charge is 0.325 e. The summed E-state index contributed by atoms with van der Waals surface area (Å²) in [7, 11) is 0. The van der Waals surface area contributed by atoms with Gasteiger partial charge in [0.05, 0.1) is 5.69 Å². The van der Waals surface area contributed by atoms with Gasteiger partial charge in [-0.3, -0.25) is 4.57 Å². The van der Waals surface area contributed by atoms with Crippen molar-refractivity contribution >= 4 is 11.6 Å². The molecule has 106 valence electrons. The lowest BCUT2D eigenvalue weighted by molar-refractivity contribution is 0.618. The quantitative estimate of drug-likeness (QED) is 0.772. The van der Waals surface area contributed by atoms with Gasteiger partial charge in [0.25, 0.3) is 0 Å². The van der Waals surface area contributed by atoms with Gasteiger partial charge in [0.2, 0.25) is 5.95 Å². The first-order chi connectivity index (χ1) is 10.1. The van der Waals surface area contributed by atoms with Crippen LogP contribution in [0.5, 0.6) is 0 Å². The molecule has 3 rings (SSSR count). The molecule has 0 saturated carbocycles. The standard InChI is InChI=1S/C17H16FN3/c1-12-10-15(8-9-16(12)18)21-11-13(2)19-17(21)20-14-6-4-3-5-7-14/h3-11H,1-2H3,(H,19,20). The molecule has 1 N–H and O–H groups in total. The topological polar surface area (TPSA) is 29.9 Å². The molecule has 0 amide bonds. The second-order valence-electron chi connectivity index (χ2n) is 5.00. The van der Waals surface area contributed by atoms with Crippen molar-refractivity contribution < 1.29 is 4.39 Å². The Morgan fingerprint density at radius 1 is 1.05 bits per heavy atom. The molecule has 3 aromatic rings. The van der Waals surface area contributed by atoms with Crippen molar-refractivity contribution in [2.75, 3.05) is 5.32 Å². The Morgan fingerprint density at radius 3 is 2.52 bits per heavy atom. The van der Waals surface area contributed by atoms with Gasteiger partial charge in [-0.05, 0) is 49.7 Å². The first kappa shape index (κ1) is 13.4. The molecule has 0 aliphatic heterocycles. The molecule has 0 aliphatic carbocycles. The normalized spacial score (nSPS) is 10.6. The van der Waals surface area contributed by atoms with Crippen LogP contribution in [0.3, 0.4) is 0 Å². The monoisotopic (exact) mass is 281 g/mol. The maximum Gasteiger partial charge on any atom is 0.212 e. The molecule has 3 nitrogen and oxygen atoms in total. The van der Waals surface area contributed by atoms with Crippen molar-refractivity contribution in [3.63, 3.8) is 0 Å². The third-order valence-corrected chi connectivity index (χ3v) is 3.28. The molecular weight excluding hydrogens is 265 g/mol. The maximum absolute atomic E-state index is 13.4. The third kappa shape index (κ3) is 2.79. The molecule has 0 fully saturated rings. The summed E-state index contributed by atoms with van der Waals surface area (Å²) in [6.45, 7) is 3.69. The van der Waals surface area contributed by atoms with Crippen LogP contribution in [0.1, 0.15) is 11.3 Å². The summed E-state index contributed by atoms with van der Waals surface area (Å²) < 4.78 is 15.4. The minimum atomic E-state index is -0.201. The van der Waals surface area contributed by atoms with Crippen LogP contribution in [0.25, 0.3) is 5.69 Å². The first-order valence-electron chi connectivity index (χ1n) is 6.78. The Kier molecular flexibility index (Phi) is 3.44. The summed E-state index contributed by atoms with van der Waals surface area (Å²) in [5, 5.41) is 3.28. The van der Waals surface area contributed by atoms with E-state index in [2.05, 4.69) is 10.3 Å². The highest BCUT2D eigenvalue weighted by molar-refractivity contribution is 5.56. The van der Waals surface area contributed by atoms with E-state index in [0.29, 0.717) is 11.5 Å². The summed E-state index contributed by atoms with van der Waals surface area (Å²) in [6.07, 6.45) is 1.93. The fourth-order valence-electron chi connectivity index (χ4n) is 2.21. The first-order valence-corrected chi connectivity index (χ1v) is 6.78. The Labute approximate surface area is 123 Å². The predicted octanol–water partition coefficient (Wildman–Crippen LogP) is 4.37. The lowest BCUT2D eigenvalue weighted by Crippen LogP contribution is -2.01. The van der Waals surface area contributed by atoms with E-state index in [1.54, 1.807) is 13.0 Å². The Hall–Kier alpha value is -2.62. The SMILES string of the molecule is Cc1cn(-c2ccc(F)c(C)c2)c(Nc2ccccc2)n1. The van der Waals surface area contributed by atoms with E-state index in [1.807, 2.05) is 54.1 Å². The van der Waals surface area contributed by atoms with E-state index in [1.165, 1.54) is 6.07 Å². The molecule has 0 spiro atoms.